The van der Waals surface area contributed by atoms with Gasteiger partial charge in [-0.2, -0.15) is 13.2 Å². The lowest BCUT2D eigenvalue weighted by atomic mass is 10.0. The van der Waals surface area contributed by atoms with Gasteiger partial charge in [-0.15, -0.1) is 0 Å². The molecule has 1 heterocycles. The fourth-order valence-electron chi connectivity index (χ4n) is 2.72. The number of ketones is 1. The van der Waals surface area contributed by atoms with Gasteiger partial charge in [-0.1, -0.05) is 30.3 Å². The van der Waals surface area contributed by atoms with Crippen molar-refractivity contribution in [2.24, 2.45) is 0 Å². The number of halogens is 4. The van der Waals surface area contributed by atoms with E-state index in [2.05, 4.69) is 22.6 Å². The number of Topliss-reactive ketones (excluding diaryl/α,β-unsaturated/α-hetero) is 1. The number of rotatable bonds is 3. The molecule has 2 aromatic rings. The Labute approximate surface area is 151 Å². The highest BCUT2D eigenvalue weighted by molar-refractivity contribution is 14.1. The third-order valence-electron chi connectivity index (χ3n) is 3.84. The highest BCUT2D eigenvalue weighted by atomic mass is 127. The number of anilines is 1. The first-order valence-corrected chi connectivity index (χ1v) is 8.38. The Kier molecular flexibility index (Phi) is 4.67. The Balaban J connectivity index is 2.05. The van der Waals surface area contributed by atoms with Gasteiger partial charge < -0.3 is 4.90 Å². The van der Waals surface area contributed by atoms with Crippen LogP contribution in [-0.4, -0.2) is 18.5 Å². The Morgan fingerprint density at radius 1 is 1.12 bits per heavy atom. The molecule has 0 spiro atoms. The van der Waals surface area contributed by atoms with Crippen molar-refractivity contribution in [3.05, 3.63) is 69.4 Å². The number of benzene rings is 2. The minimum absolute atomic E-state index is 0.263. The third-order valence-corrected chi connectivity index (χ3v) is 4.52. The van der Waals surface area contributed by atoms with E-state index in [1.165, 1.54) is 18.3 Å². The molecule has 2 nitrogen and oxygen atoms in total. The first kappa shape index (κ1) is 17.0. The van der Waals surface area contributed by atoms with Crippen LogP contribution in [0.3, 0.4) is 0 Å². The van der Waals surface area contributed by atoms with Crippen LogP contribution in [0.5, 0.6) is 0 Å². The molecule has 3 rings (SSSR count). The van der Waals surface area contributed by atoms with Crippen LogP contribution in [0.4, 0.5) is 18.9 Å². The largest absolute Gasteiger partial charge is 0.454 e. The van der Waals surface area contributed by atoms with Crippen molar-refractivity contribution in [3.8, 4) is 0 Å². The maximum absolute atomic E-state index is 13.0. The number of carbonyl (C=O) groups excluding carboxylic acids is 1. The summed E-state index contributed by atoms with van der Waals surface area (Å²) in [6.45, 7) is 0.552. The SMILES string of the molecule is O=C(/C(=C\N1CCc2cc(I)ccc21)c1ccccc1)C(F)(F)F. The first-order valence-electron chi connectivity index (χ1n) is 7.30. The van der Waals surface area contributed by atoms with Gasteiger partial charge in [0.1, 0.15) is 0 Å². The average molecular weight is 443 g/mol. The molecule has 6 heteroatoms. The number of hydrogen-bond donors (Lipinski definition) is 0. The molecule has 0 fully saturated rings. The average Bonchev–Trinajstić information content (AvgIpc) is 2.94. The first-order chi connectivity index (χ1) is 11.4. The zero-order chi connectivity index (χ0) is 17.3. The summed E-state index contributed by atoms with van der Waals surface area (Å²) in [6, 6.07) is 13.8. The zero-order valence-electron chi connectivity index (χ0n) is 12.5. The summed E-state index contributed by atoms with van der Waals surface area (Å²) < 4.78 is 40.1. The van der Waals surface area contributed by atoms with Crippen molar-refractivity contribution in [2.45, 2.75) is 12.6 Å². The van der Waals surface area contributed by atoms with E-state index in [-0.39, 0.29) is 11.1 Å². The summed E-state index contributed by atoms with van der Waals surface area (Å²) in [5.74, 6) is -1.83. The molecular formula is C18H13F3INO. The molecule has 124 valence electrons. The topological polar surface area (TPSA) is 20.3 Å². The van der Waals surface area contributed by atoms with Crippen molar-refractivity contribution < 1.29 is 18.0 Å². The van der Waals surface area contributed by atoms with Crippen LogP contribution in [0, 0.1) is 3.57 Å². The summed E-state index contributed by atoms with van der Waals surface area (Å²) in [7, 11) is 0. The van der Waals surface area contributed by atoms with E-state index in [9.17, 15) is 18.0 Å². The van der Waals surface area contributed by atoms with Crippen LogP contribution in [0.1, 0.15) is 11.1 Å². The molecule has 2 aromatic carbocycles. The van der Waals surface area contributed by atoms with Crippen LogP contribution in [0.2, 0.25) is 0 Å². The Morgan fingerprint density at radius 2 is 1.83 bits per heavy atom. The summed E-state index contributed by atoms with van der Waals surface area (Å²) >= 11 is 2.20. The molecule has 0 unspecified atom stereocenters. The standard InChI is InChI=1S/C18H13F3INO/c19-18(20,21)17(24)15(12-4-2-1-3-5-12)11-23-9-8-13-10-14(22)6-7-16(13)23/h1-7,10-11H,8-9H2/b15-11-. The zero-order valence-corrected chi connectivity index (χ0v) is 14.6. The normalized spacial score (nSPS) is 14.7. The molecule has 0 saturated carbocycles. The molecule has 0 aromatic heterocycles. The van der Waals surface area contributed by atoms with Crippen molar-refractivity contribution in [1.82, 2.24) is 0 Å². The highest BCUT2D eigenvalue weighted by Gasteiger charge is 2.41. The second-order valence-electron chi connectivity index (χ2n) is 5.45. The quantitative estimate of drug-likeness (QED) is 0.501. The van der Waals surface area contributed by atoms with Gasteiger partial charge in [-0.25, -0.2) is 0 Å². The maximum Gasteiger partial charge on any atom is 0.454 e. The fourth-order valence-corrected chi connectivity index (χ4v) is 3.28. The third kappa shape index (κ3) is 3.48. The Bertz CT molecular complexity index is 800. The predicted octanol–water partition coefficient (Wildman–Crippen LogP) is 4.83. The molecule has 24 heavy (non-hydrogen) atoms. The molecule has 0 amide bonds. The Morgan fingerprint density at radius 3 is 2.50 bits per heavy atom. The van der Waals surface area contributed by atoms with Crippen molar-refractivity contribution in [1.29, 1.82) is 0 Å². The molecule has 1 aliphatic rings. The van der Waals surface area contributed by atoms with Gasteiger partial charge >= 0.3 is 6.18 Å². The lowest BCUT2D eigenvalue weighted by molar-refractivity contribution is -0.164. The van der Waals surface area contributed by atoms with E-state index >= 15 is 0 Å². The molecule has 0 saturated heterocycles. The number of carbonyl (C=O) groups is 1. The van der Waals surface area contributed by atoms with Gasteiger partial charge in [0.05, 0.1) is 5.57 Å². The van der Waals surface area contributed by atoms with Crippen LogP contribution in [0.15, 0.2) is 54.7 Å². The minimum atomic E-state index is -4.91. The van der Waals surface area contributed by atoms with E-state index < -0.39 is 12.0 Å². The molecule has 0 aliphatic carbocycles. The van der Waals surface area contributed by atoms with Crippen LogP contribution >= 0.6 is 22.6 Å². The second kappa shape index (κ2) is 6.58. The van der Waals surface area contributed by atoms with Gasteiger partial charge in [0.2, 0.25) is 0 Å². The van der Waals surface area contributed by atoms with Gasteiger partial charge in [-0.3, -0.25) is 4.79 Å². The van der Waals surface area contributed by atoms with Gasteiger partial charge in [0, 0.05) is 22.0 Å². The van der Waals surface area contributed by atoms with Gasteiger partial charge in [0.25, 0.3) is 5.78 Å². The Hall–Kier alpha value is -1.83. The summed E-state index contributed by atoms with van der Waals surface area (Å²) in [5, 5.41) is 0. The monoisotopic (exact) mass is 443 g/mol. The highest BCUT2D eigenvalue weighted by Crippen LogP contribution is 2.33. The summed E-state index contributed by atoms with van der Waals surface area (Å²) in [5.41, 5.74) is 1.84. The molecule has 0 atom stereocenters. The number of fused-ring (bicyclic) bond motifs is 1. The number of nitrogens with zero attached hydrogens (tertiary/aromatic N) is 1. The molecule has 1 aliphatic heterocycles. The fraction of sp³-hybridized carbons (Fsp3) is 0.167. The van der Waals surface area contributed by atoms with Crippen LogP contribution in [0.25, 0.3) is 5.57 Å². The van der Waals surface area contributed by atoms with Gasteiger partial charge in [0.15, 0.2) is 0 Å². The molecule has 0 N–H and O–H groups in total. The van der Waals surface area contributed by atoms with Crippen molar-refractivity contribution in [2.75, 3.05) is 11.4 Å². The molecule has 0 bridgehead atoms. The second-order valence-corrected chi connectivity index (χ2v) is 6.70. The minimum Gasteiger partial charge on any atom is -0.347 e. The summed E-state index contributed by atoms with van der Waals surface area (Å²) in [6.07, 6.45) is -2.84. The van der Waals surface area contributed by atoms with E-state index in [0.717, 1.165) is 21.2 Å². The van der Waals surface area contributed by atoms with Crippen molar-refractivity contribution in [3.63, 3.8) is 0 Å². The molecule has 0 radical (unpaired) electrons. The van der Waals surface area contributed by atoms with Gasteiger partial charge in [-0.05, 0) is 58.3 Å². The van der Waals surface area contributed by atoms with Crippen LogP contribution < -0.4 is 4.90 Å². The smallest absolute Gasteiger partial charge is 0.347 e. The summed E-state index contributed by atoms with van der Waals surface area (Å²) in [4.78, 5) is 13.6. The van der Waals surface area contributed by atoms with Crippen LogP contribution in [-0.2, 0) is 11.2 Å². The van der Waals surface area contributed by atoms with Crippen molar-refractivity contribution >= 4 is 39.6 Å². The van der Waals surface area contributed by atoms with E-state index in [4.69, 9.17) is 0 Å². The lowest BCUT2D eigenvalue weighted by Gasteiger charge is -2.18. The number of alkyl halides is 3. The maximum atomic E-state index is 13.0. The lowest BCUT2D eigenvalue weighted by Crippen LogP contribution is -2.26. The molecular weight excluding hydrogens is 430 g/mol. The predicted molar refractivity (Wildman–Crippen MR) is 95.7 cm³/mol. The number of hydrogen-bond acceptors (Lipinski definition) is 2. The van der Waals surface area contributed by atoms with E-state index in [0.29, 0.717) is 6.54 Å². The van der Waals surface area contributed by atoms with E-state index in [1.54, 1.807) is 23.1 Å². The number of allylic oxidation sites excluding steroid dienone is 1. The van der Waals surface area contributed by atoms with E-state index in [1.807, 2.05) is 18.2 Å².